The van der Waals surface area contributed by atoms with Gasteiger partial charge in [-0.3, -0.25) is 0 Å². The Morgan fingerprint density at radius 3 is 2.19 bits per heavy atom. The molecule has 0 bridgehead atoms. The number of aryl methyl sites for hydroxylation is 1. The number of hydrogen-bond donors (Lipinski definition) is 0. The molecule has 3 nitrogen and oxygen atoms in total. The number of benzene rings is 2. The number of allylic oxidation sites excluding steroid dienone is 1. The number of halogens is 1. The number of sulfone groups is 1. The van der Waals surface area contributed by atoms with Crippen LogP contribution >= 0.6 is 15.9 Å². The van der Waals surface area contributed by atoms with Crippen LogP contribution in [0.25, 0.3) is 6.08 Å². The van der Waals surface area contributed by atoms with Crippen molar-refractivity contribution < 1.29 is 8.42 Å². The van der Waals surface area contributed by atoms with Crippen molar-refractivity contribution in [1.82, 2.24) is 0 Å². The quantitative estimate of drug-likeness (QED) is 0.773. The molecule has 0 spiro atoms. The number of nitrogens with zero attached hydrogens (tertiary/aromatic N) is 1. The Hall–Kier alpha value is -1.90. The van der Waals surface area contributed by atoms with Crippen LogP contribution in [0.5, 0.6) is 0 Å². The lowest BCUT2D eigenvalue weighted by Crippen LogP contribution is -2.03. The van der Waals surface area contributed by atoms with Gasteiger partial charge in [0.05, 0.1) is 4.90 Å². The molecule has 21 heavy (non-hydrogen) atoms. The van der Waals surface area contributed by atoms with Gasteiger partial charge in [-0.25, -0.2) is 8.42 Å². The third-order valence-electron chi connectivity index (χ3n) is 2.90. The summed E-state index contributed by atoms with van der Waals surface area (Å²) in [6.45, 7) is 1.87. The zero-order valence-electron chi connectivity index (χ0n) is 11.2. The Kier molecular flexibility index (Phi) is 4.61. The van der Waals surface area contributed by atoms with E-state index in [9.17, 15) is 13.7 Å². The van der Waals surface area contributed by atoms with Crippen LogP contribution in [0.15, 0.2) is 62.8 Å². The largest absolute Gasteiger partial charge is 0.218 e. The van der Waals surface area contributed by atoms with Crippen LogP contribution in [0.4, 0.5) is 0 Å². The highest BCUT2D eigenvalue weighted by Crippen LogP contribution is 2.22. The standard InChI is InChI=1S/C16H12BrNO2S/c1-12-2-8-15(9-3-12)21(19,20)16(11-18)10-13-4-6-14(17)7-5-13/h2-10H,1H3. The first kappa shape index (κ1) is 15.5. The second-order valence-corrected chi connectivity index (χ2v) is 7.32. The highest BCUT2D eigenvalue weighted by molar-refractivity contribution is 9.10. The maximum Gasteiger partial charge on any atom is 0.216 e. The van der Waals surface area contributed by atoms with Crippen molar-refractivity contribution in [2.75, 3.05) is 0 Å². The summed E-state index contributed by atoms with van der Waals surface area (Å²) in [7, 11) is -3.79. The average molecular weight is 362 g/mol. The van der Waals surface area contributed by atoms with Gasteiger partial charge in [0.25, 0.3) is 0 Å². The molecule has 5 heteroatoms. The lowest BCUT2D eigenvalue weighted by molar-refractivity contribution is 0.603. The first-order valence-electron chi connectivity index (χ1n) is 6.12. The van der Waals surface area contributed by atoms with Gasteiger partial charge in [0.1, 0.15) is 11.0 Å². The van der Waals surface area contributed by atoms with E-state index in [1.165, 1.54) is 18.2 Å². The summed E-state index contributed by atoms with van der Waals surface area (Å²) < 4.78 is 25.8. The van der Waals surface area contributed by atoms with Gasteiger partial charge in [-0.1, -0.05) is 45.8 Å². The molecule has 0 unspecified atom stereocenters. The molecule has 0 heterocycles. The topological polar surface area (TPSA) is 57.9 Å². The molecule has 0 amide bonds. The predicted octanol–water partition coefficient (Wildman–Crippen LogP) is 4.10. The Labute approximate surface area is 132 Å². The van der Waals surface area contributed by atoms with Gasteiger partial charge in [0.15, 0.2) is 0 Å². The molecular formula is C16H12BrNO2S. The fourth-order valence-electron chi connectivity index (χ4n) is 1.72. The molecule has 0 aliphatic heterocycles. The van der Waals surface area contributed by atoms with Crippen molar-refractivity contribution in [2.45, 2.75) is 11.8 Å². The van der Waals surface area contributed by atoms with Gasteiger partial charge < -0.3 is 0 Å². The summed E-state index contributed by atoms with van der Waals surface area (Å²) in [5.74, 6) is 0. The molecule has 0 radical (unpaired) electrons. The Bertz CT molecular complexity index is 814. The molecule has 0 aliphatic rings. The molecule has 0 aromatic heterocycles. The molecule has 2 rings (SSSR count). The lowest BCUT2D eigenvalue weighted by atomic mass is 10.2. The van der Waals surface area contributed by atoms with E-state index in [0.717, 1.165) is 10.0 Å². The van der Waals surface area contributed by atoms with Crippen molar-refractivity contribution in [3.63, 3.8) is 0 Å². The Morgan fingerprint density at radius 1 is 1.10 bits per heavy atom. The minimum atomic E-state index is -3.79. The fourth-order valence-corrected chi connectivity index (χ4v) is 3.15. The zero-order valence-corrected chi connectivity index (χ0v) is 13.6. The normalized spacial score (nSPS) is 12.0. The monoisotopic (exact) mass is 361 g/mol. The number of nitriles is 1. The fraction of sp³-hybridized carbons (Fsp3) is 0.0625. The van der Waals surface area contributed by atoms with Crippen LogP contribution in [0.3, 0.4) is 0 Å². The smallest absolute Gasteiger partial charge is 0.216 e. The Balaban J connectivity index is 2.47. The summed E-state index contributed by atoms with van der Waals surface area (Å²) in [6, 6.07) is 15.3. The predicted molar refractivity (Wildman–Crippen MR) is 86.1 cm³/mol. The van der Waals surface area contributed by atoms with E-state index in [1.54, 1.807) is 42.5 Å². The van der Waals surface area contributed by atoms with E-state index in [2.05, 4.69) is 15.9 Å². The van der Waals surface area contributed by atoms with Gasteiger partial charge in [-0.05, 0) is 42.8 Å². The van der Waals surface area contributed by atoms with Crippen molar-refractivity contribution in [3.8, 4) is 6.07 Å². The first-order valence-corrected chi connectivity index (χ1v) is 8.40. The SMILES string of the molecule is Cc1ccc(S(=O)(=O)C(C#N)=Cc2ccc(Br)cc2)cc1. The maximum absolute atomic E-state index is 12.4. The third kappa shape index (κ3) is 3.60. The highest BCUT2D eigenvalue weighted by Gasteiger charge is 2.20. The van der Waals surface area contributed by atoms with Crippen molar-refractivity contribution in [2.24, 2.45) is 0 Å². The summed E-state index contributed by atoms with van der Waals surface area (Å²) in [4.78, 5) is -0.147. The second-order valence-electron chi connectivity index (χ2n) is 4.49. The minimum absolute atomic E-state index is 0.123. The van der Waals surface area contributed by atoms with E-state index in [-0.39, 0.29) is 9.80 Å². The van der Waals surface area contributed by atoms with Crippen LogP contribution in [0.1, 0.15) is 11.1 Å². The van der Waals surface area contributed by atoms with E-state index >= 15 is 0 Å². The molecule has 0 saturated heterocycles. The number of hydrogen-bond acceptors (Lipinski definition) is 3. The summed E-state index contributed by atoms with van der Waals surface area (Å²) in [5, 5.41) is 9.19. The van der Waals surface area contributed by atoms with Crippen LogP contribution in [-0.2, 0) is 9.84 Å². The zero-order chi connectivity index (χ0) is 15.5. The van der Waals surface area contributed by atoms with E-state index in [0.29, 0.717) is 5.56 Å². The maximum atomic E-state index is 12.4. The molecule has 2 aromatic rings. The van der Waals surface area contributed by atoms with Crippen molar-refractivity contribution in [3.05, 3.63) is 69.0 Å². The van der Waals surface area contributed by atoms with Gasteiger partial charge in [0.2, 0.25) is 9.84 Å². The first-order chi connectivity index (χ1) is 9.93. The van der Waals surface area contributed by atoms with Gasteiger partial charge in [-0.2, -0.15) is 5.26 Å². The number of rotatable bonds is 3. The molecule has 0 N–H and O–H groups in total. The van der Waals surface area contributed by atoms with Gasteiger partial charge in [0, 0.05) is 4.47 Å². The molecule has 0 saturated carbocycles. The average Bonchev–Trinajstić information content (AvgIpc) is 2.47. The van der Waals surface area contributed by atoms with E-state index in [4.69, 9.17) is 0 Å². The Morgan fingerprint density at radius 2 is 1.67 bits per heavy atom. The molecular weight excluding hydrogens is 350 g/mol. The highest BCUT2D eigenvalue weighted by atomic mass is 79.9. The lowest BCUT2D eigenvalue weighted by Gasteiger charge is -2.04. The summed E-state index contributed by atoms with van der Waals surface area (Å²) in [6.07, 6.45) is 1.38. The van der Waals surface area contributed by atoms with Gasteiger partial charge in [-0.15, -0.1) is 0 Å². The summed E-state index contributed by atoms with van der Waals surface area (Å²) in [5.41, 5.74) is 1.62. The van der Waals surface area contributed by atoms with Gasteiger partial charge >= 0.3 is 0 Å². The minimum Gasteiger partial charge on any atom is -0.218 e. The second kappa shape index (κ2) is 6.25. The van der Waals surface area contributed by atoms with E-state index < -0.39 is 9.84 Å². The van der Waals surface area contributed by atoms with Crippen molar-refractivity contribution >= 4 is 31.8 Å². The van der Waals surface area contributed by atoms with Crippen molar-refractivity contribution in [1.29, 1.82) is 5.26 Å². The van der Waals surface area contributed by atoms with Crippen LogP contribution in [-0.4, -0.2) is 8.42 Å². The molecule has 106 valence electrons. The third-order valence-corrected chi connectivity index (χ3v) is 5.11. The molecule has 2 aromatic carbocycles. The van der Waals surface area contributed by atoms with Crippen LogP contribution in [0.2, 0.25) is 0 Å². The molecule has 0 atom stereocenters. The van der Waals surface area contributed by atoms with Crippen LogP contribution < -0.4 is 0 Å². The molecule has 0 fully saturated rings. The molecule has 0 aliphatic carbocycles. The van der Waals surface area contributed by atoms with E-state index in [1.807, 2.05) is 6.92 Å². The van der Waals surface area contributed by atoms with Crippen LogP contribution in [0, 0.1) is 18.3 Å². The summed E-state index contributed by atoms with van der Waals surface area (Å²) >= 11 is 3.31.